The highest BCUT2D eigenvalue weighted by Gasteiger charge is 2.16. The van der Waals surface area contributed by atoms with Crippen LogP contribution < -0.4 is 5.73 Å². The molecule has 7 heteroatoms. The van der Waals surface area contributed by atoms with Gasteiger partial charge in [0.25, 0.3) is 0 Å². The van der Waals surface area contributed by atoms with Crippen LogP contribution >= 0.6 is 0 Å². The van der Waals surface area contributed by atoms with E-state index in [-0.39, 0.29) is 0 Å². The Morgan fingerprint density at radius 3 is 2.43 bits per heavy atom. The Hall–Kier alpha value is -2.38. The first-order chi connectivity index (χ1) is 9.95. The first kappa shape index (κ1) is 16.7. The Kier molecular flexibility index (Phi) is 6.38. The number of fused-ring (bicyclic) bond motifs is 1. The molecule has 0 saturated carbocycles. The molecule has 2 rings (SSSR count). The quantitative estimate of drug-likeness (QED) is 0.547. The summed E-state index contributed by atoms with van der Waals surface area (Å²) >= 11 is 0. The third-order valence-corrected chi connectivity index (χ3v) is 2.74. The van der Waals surface area contributed by atoms with E-state index < -0.39 is 24.5 Å². The molecule has 0 radical (unpaired) electrons. The molecule has 0 fully saturated rings. The normalized spacial score (nSPS) is 11.5. The predicted octanol–water partition coefficient (Wildman–Crippen LogP) is 0.576. The van der Waals surface area contributed by atoms with Crippen LogP contribution in [0.3, 0.4) is 0 Å². The first-order valence-electron chi connectivity index (χ1n) is 6.33. The fourth-order valence-electron chi connectivity index (χ4n) is 1.75. The molecule has 0 saturated heterocycles. The largest absolute Gasteiger partial charge is 0.481 e. The van der Waals surface area contributed by atoms with Crippen LogP contribution in [0.25, 0.3) is 10.9 Å². The van der Waals surface area contributed by atoms with E-state index in [0.29, 0.717) is 6.54 Å². The number of rotatable bonds is 5. The Labute approximate surface area is 121 Å². The second-order valence-corrected chi connectivity index (χ2v) is 4.35. The maximum Gasteiger partial charge on any atom is 0.333 e. The highest BCUT2D eigenvalue weighted by Crippen LogP contribution is 2.17. The number of carboxylic acids is 2. The number of aliphatic hydroxyl groups is 1. The lowest BCUT2D eigenvalue weighted by Crippen LogP contribution is -2.22. The molecule has 1 heterocycles. The standard InChI is InChI=1S/C10H12N2.C4H6O5/c11-6-5-8-7-12-10-4-2-1-3-9(8)10;5-2(4(8)9)1-3(6)7/h1-4,7,12H,5-6,11H2;2,5H,1H2,(H,6,7)(H,8,9). The van der Waals surface area contributed by atoms with Crippen molar-refractivity contribution in [3.8, 4) is 0 Å². The van der Waals surface area contributed by atoms with Crippen molar-refractivity contribution >= 4 is 22.8 Å². The number of aromatic amines is 1. The van der Waals surface area contributed by atoms with Gasteiger partial charge in [-0.15, -0.1) is 0 Å². The number of nitrogens with one attached hydrogen (secondary N) is 1. The summed E-state index contributed by atoms with van der Waals surface area (Å²) in [6.45, 7) is 0.710. The van der Waals surface area contributed by atoms with Gasteiger partial charge < -0.3 is 26.0 Å². The number of hydrogen-bond donors (Lipinski definition) is 5. The molecule has 1 aromatic heterocycles. The Morgan fingerprint density at radius 2 is 1.90 bits per heavy atom. The number of para-hydroxylation sites is 1. The third-order valence-electron chi connectivity index (χ3n) is 2.74. The van der Waals surface area contributed by atoms with E-state index >= 15 is 0 Å². The first-order valence-corrected chi connectivity index (χ1v) is 6.33. The van der Waals surface area contributed by atoms with E-state index in [9.17, 15) is 9.59 Å². The van der Waals surface area contributed by atoms with E-state index in [4.69, 9.17) is 21.1 Å². The van der Waals surface area contributed by atoms with Gasteiger partial charge in [0.1, 0.15) is 0 Å². The van der Waals surface area contributed by atoms with Crippen molar-refractivity contribution in [2.45, 2.75) is 18.9 Å². The van der Waals surface area contributed by atoms with E-state index in [1.54, 1.807) is 0 Å². The zero-order valence-electron chi connectivity index (χ0n) is 11.3. The number of hydrogen-bond acceptors (Lipinski definition) is 4. The second-order valence-electron chi connectivity index (χ2n) is 4.35. The zero-order valence-corrected chi connectivity index (χ0v) is 11.3. The minimum absolute atomic E-state index is 0.710. The molecule has 0 aliphatic carbocycles. The zero-order chi connectivity index (χ0) is 15.8. The Balaban J connectivity index is 0.000000222. The molecule has 0 aliphatic rings. The molecule has 0 amide bonds. The van der Waals surface area contributed by atoms with Crippen LogP contribution in [-0.2, 0) is 16.0 Å². The number of aliphatic carboxylic acids is 2. The van der Waals surface area contributed by atoms with Crippen LogP contribution in [0.1, 0.15) is 12.0 Å². The van der Waals surface area contributed by atoms with Gasteiger partial charge in [-0.05, 0) is 24.6 Å². The highest BCUT2D eigenvalue weighted by molar-refractivity contribution is 5.83. The van der Waals surface area contributed by atoms with E-state index in [1.165, 1.54) is 16.5 Å². The fraction of sp³-hybridized carbons (Fsp3) is 0.286. The number of carbonyl (C=O) groups is 2. The summed E-state index contributed by atoms with van der Waals surface area (Å²) < 4.78 is 0. The Bertz CT molecular complexity index is 608. The minimum Gasteiger partial charge on any atom is -0.481 e. The van der Waals surface area contributed by atoms with Gasteiger partial charge in [0, 0.05) is 17.1 Å². The predicted molar refractivity (Wildman–Crippen MR) is 77.0 cm³/mol. The number of carboxylic acid groups (broad SMARTS) is 2. The molecule has 1 atom stereocenters. The second kappa shape index (κ2) is 8.03. The summed E-state index contributed by atoms with van der Waals surface area (Å²) in [5, 5.41) is 25.4. The lowest BCUT2D eigenvalue weighted by Gasteiger charge is -1.97. The fourth-order valence-corrected chi connectivity index (χ4v) is 1.75. The smallest absolute Gasteiger partial charge is 0.333 e. The van der Waals surface area contributed by atoms with Gasteiger partial charge in [0.15, 0.2) is 6.10 Å². The highest BCUT2D eigenvalue weighted by atomic mass is 16.4. The van der Waals surface area contributed by atoms with Gasteiger partial charge >= 0.3 is 11.9 Å². The molecular weight excluding hydrogens is 276 g/mol. The molecule has 2 aromatic rings. The molecule has 0 aliphatic heterocycles. The van der Waals surface area contributed by atoms with Crippen LogP contribution in [0.4, 0.5) is 0 Å². The van der Waals surface area contributed by atoms with Crippen LogP contribution in [0.5, 0.6) is 0 Å². The van der Waals surface area contributed by atoms with Crippen molar-refractivity contribution in [2.24, 2.45) is 5.73 Å². The van der Waals surface area contributed by atoms with Gasteiger partial charge in [0.05, 0.1) is 6.42 Å². The number of nitrogens with two attached hydrogens (primary N) is 1. The third kappa shape index (κ3) is 5.25. The molecule has 6 N–H and O–H groups in total. The summed E-state index contributed by atoms with van der Waals surface area (Å²) in [6.07, 6.45) is 0.444. The number of aromatic nitrogens is 1. The summed E-state index contributed by atoms with van der Waals surface area (Å²) in [4.78, 5) is 22.6. The summed E-state index contributed by atoms with van der Waals surface area (Å²) in [5.74, 6) is -2.85. The van der Waals surface area contributed by atoms with Crippen molar-refractivity contribution in [2.75, 3.05) is 6.54 Å². The van der Waals surface area contributed by atoms with E-state index in [0.717, 1.165) is 6.42 Å². The molecule has 7 nitrogen and oxygen atoms in total. The van der Waals surface area contributed by atoms with Gasteiger partial charge in [-0.25, -0.2) is 4.79 Å². The van der Waals surface area contributed by atoms with Crippen molar-refractivity contribution in [1.82, 2.24) is 4.98 Å². The molecule has 114 valence electrons. The summed E-state index contributed by atoms with van der Waals surface area (Å²) in [5.41, 5.74) is 8.01. The molecule has 0 spiro atoms. The van der Waals surface area contributed by atoms with Crippen LogP contribution in [0.15, 0.2) is 30.5 Å². The SMILES string of the molecule is NCCc1c[nH]c2ccccc12.O=C(O)CC(O)C(=O)O. The molecule has 1 unspecified atom stereocenters. The van der Waals surface area contributed by atoms with Crippen molar-refractivity contribution in [3.63, 3.8) is 0 Å². The minimum atomic E-state index is -1.79. The lowest BCUT2D eigenvalue weighted by atomic mass is 10.1. The average Bonchev–Trinajstić information content (AvgIpc) is 2.83. The molecular formula is C14H18N2O5. The van der Waals surface area contributed by atoms with Gasteiger partial charge in [-0.1, -0.05) is 18.2 Å². The molecule has 21 heavy (non-hydrogen) atoms. The molecule has 0 bridgehead atoms. The van der Waals surface area contributed by atoms with E-state index in [1.807, 2.05) is 12.3 Å². The lowest BCUT2D eigenvalue weighted by molar-refractivity contribution is -0.152. The van der Waals surface area contributed by atoms with Gasteiger partial charge in [-0.2, -0.15) is 0 Å². The van der Waals surface area contributed by atoms with Crippen molar-refractivity contribution in [3.05, 3.63) is 36.0 Å². The maximum absolute atomic E-state index is 9.72. The topological polar surface area (TPSA) is 137 Å². The van der Waals surface area contributed by atoms with Crippen LogP contribution in [0.2, 0.25) is 0 Å². The van der Waals surface area contributed by atoms with E-state index in [2.05, 4.69) is 23.2 Å². The number of aliphatic hydroxyl groups excluding tert-OH is 1. The average molecular weight is 294 g/mol. The Morgan fingerprint density at radius 1 is 1.24 bits per heavy atom. The monoisotopic (exact) mass is 294 g/mol. The maximum atomic E-state index is 9.72. The number of H-pyrrole nitrogens is 1. The van der Waals surface area contributed by atoms with Crippen molar-refractivity contribution < 1.29 is 24.9 Å². The van der Waals surface area contributed by atoms with Crippen LogP contribution in [-0.4, -0.2) is 44.9 Å². The number of benzene rings is 1. The molecule has 1 aromatic carbocycles. The summed E-state index contributed by atoms with van der Waals surface area (Å²) in [7, 11) is 0. The van der Waals surface area contributed by atoms with Gasteiger partial charge in [-0.3, -0.25) is 4.79 Å². The summed E-state index contributed by atoms with van der Waals surface area (Å²) in [6, 6.07) is 8.29. The van der Waals surface area contributed by atoms with Crippen molar-refractivity contribution in [1.29, 1.82) is 0 Å². The van der Waals surface area contributed by atoms with Crippen LogP contribution in [0, 0.1) is 0 Å². The van der Waals surface area contributed by atoms with Gasteiger partial charge in [0.2, 0.25) is 0 Å².